The molecule has 0 aliphatic heterocycles. The second-order valence-corrected chi connectivity index (χ2v) is 2.75. The van der Waals surface area contributed by atoms with Crippen LogP contribution in [-0.2, 0) is 0 Å². The first kappa shape index (κ1) is 11.1. The maximum absolute atomic E-state index is 8.50. The van der Waals surface area contributed by atoms with E-state index in [9.17, 15) is 0 Å². The van der Waals surface area contributed by atoms with E-state index in [0.29, 0.717) is 5.56 Å². The Bertz CT molecular complexity index is 289. The van der Waals surface area contributed by atoms with Gasteiger partial charge in [-0.25, -0.2) is 4.98 Å². The molecule has 0 radical (unpaired) electrons. The molecule has 0 spiro atoms. The number of hydrogen-bond acceptors (Lipinski definition) is 2. The highest BCUT2D eigenvalue weighted by atomic mass is 79.9. The van der Waals surface area contributed by atoms with E-state index in [1.807, 2.05) is 32.9 Å². The van der Waals surface area contributed by atoms with Crippen LogP contribution in [0.15, 0.2) is 16.9 Å². The Morgan fingerprint density at radius 1 is 1.50 bits per heavy atom. The molecule has 0 fully saturated rings. The summed E-state index contributed by atoms with van der Waals surface area (Å²) >= 11 is 3.20. The van der Waals surface area contributed by atoms with Crippen LogP contribution < -0.4 is 0 Å². The quantitative estimate of drug-likeness (QED) is 0.638. The van der Waals surface area contributed by atoms with Gasteiger partial charge in [-0.1, -0.05) is 13.8 Å². The van der Waals surface area contributed by atoms with Crippen LogP contribution in [0.5, 0.6) is 0 Å². The number of aryl methyl sites for hydroxylation is 1. The molecule has 12 heavy (non-hydrogen) atoms. The summed E-state index contributed by atoms with van der Waals surface area (Å²) < 4.78 is 0.768. The van der Waals surface area contributed by atoms with Gasteiger partial charge in [0.1, 0.15) is 10.7 Å². The van der Waals surface area contributed by atoms with Crippen molar-refractivity contribution < 1.29 is 0 Å². The van der Waals surface area contributed by atoms with Gasteiger partial charge in [-0.15, -0.1) is 0 Å². The van der Waals surface area contributed by atoms with Crippen LogP contribution in [0.4, 0.5) is 0 Å². The highest BCUT2D eigenvalue weighted by molar-refractivity contribution is 9.10. The minimum Gasteiger partial charge on any atom is -0.248 e. The Hall–Kier alpha value is -0.880. The van der Waals surface area contributed by atoms with Gasteiger partial charge in [0, 0.05) is 6.20 Å². The summed E-state index contributed by atoms with van der Waals surface area (Å²) in [5.74, 6) is 0. The number of rotatable bonds is 0. The zero-order valence-electron chi connectivity index (χ0n) is 7.43. The first-order valence-electron chi connectivity index (χ1n) is 3.76. The maximum Gasteiger partial charge on any atom is 0.106 e. The van der Waals surface area contributed by atoms with Gasteiger partial charge in [0.05, 0.1) is 5.56 Å². The van der Waals surface area contributed by atoms with Crippen molar-refractivity contribution in [3.05, 3.63) is 28.0 Å². The maximum atomic E-state index is 8.50. The van der Waals surface area contributed by atoms with E-state index < -0.39 is 0 Å². The van der Waals surface area contributed by atoms with E-state index in [0.717, 1.165) is 10.2 Å². The van der Waals surface area contributed by atoms with E-state index in [1.165, 1.54) is 0 Å². The minimum atomic E-state index is 0.628. The van der Waals surface area contributed by atoms with Gasteiger partial charge >= 0.3 is 0 Å². The summed E-state index contributed by atoms with van der Waals surface area (Å²) in [7, 11) is 0. The van der Waals surface area contributed by atoms with Gasteiger partial charge in [-0.2, -0.15) is 5.26 Å². The Labute approximate surface area is 81.4 Å². The van der Waals surface area contributed by atoms with E-state index in [1.54, 1.807) is 6.20 Å². The van der Waals surface area contributed by atoms with Gasteiger partial charge in [0.2, 0.25) is 0 Å². The van der Waals surface area contributed by atoms with Crippen molar-refractivity contribution in [2.75, 3.05) is 0 Å². The number of nitrogens with zero attached hydrogens (tertiary/aromatic N) is 2. The van der Waals surface area contributed by atoms with Crippen molar-refractivity contribution in [3.63, 3.8) is 0 Å². The number of nitriles is 1. The molecule has 0 N–H and O–H groups in total. The van der Waals surface area contributed by atoms with Crippen molar-refractivity contribution in [1.82, 2.24) is 4.98 Å². The molecule has 1 rings (SSSR count). The lowest BCUT2D eigenvalue weighted by molar-refractivity contribution is 1.22. The molecule has 1 aromatic rings. The molecule has 64 valence electrons. The third-order valence-electron chi connectivity index (χ3n) is 1.20. The highest BCUT2D eigenvalue weighted by Gasteiger charge is 1.96. The smallest absolute Gasteiger partial charge is 0.106 e. The molecular formula is C9H11BrN2. The molecule has 2 nitrogen and oxygen atoms in total. The molecule has 0 unspecified atom stereocenters. The number of pyridine rings is 1. The monoisotopic (exact) mass is 226 g/mol. The minimum absolute atomic E-state index is 0.628. The van der Waals surface area contributed by atoms with Gasteiger partial charge in [0.25, 0.3) is 0 Å². The first-order chi connectivity index (χ1) is 5.74. The fourth-order valence-electron chi connectivity index (χ4n) is 0.639. The Morgan fingerprint density at radius 3 is 2.50 bits per heavy atom. The molecule has 3 heteroatoms. The van der Waals surface area contributed by atoms with Crippen molar-refractivity contribution in [2.45, 2.75) is 20.8 Å². The normalized spacial score (nSPS) is 7.92. The summed E-state index contributed by atoms with van der Waals surface area (Å²) in [5, 5.41) is 8.50. The highest BCUT2D eigenvalue weighted by Crippen LogP contribution is 2.10. The van der Waals surface area contributed by atoms with Crippen LogP contribution in [0.3, 0.4) is 0 Å². The van der Waals surface area contributed by atoms with Crippen LogP contribution in [0.2, 0.25) is 0 Å². The number of aromatic nitrogens is 1. The zero-order valence-corrected chi connectivity index (χ0v) is 9.01. The fraction of sp³-hybridized carbons (Fsp3) is 0.333. The van der Waals surface area contributed by atoms with Crippen molar-refractivity contribution in [2.24, 2.45) is 0 Å². The predicted octanol–water partition coefficient (Wildman–Crippen LogP) is 3.05. The lowest BCUT2D eigenvalue weighted by Crippen LogP contribution is -1.83. The van der Waals surface area contributed by atoms with Gasteiger partial charge in [-0.3, -0.25) is 0 Å². The van der Waals surface area contributed by atoms with Crippen LogP contribution in [0.1, 0.15) is 25.0 Å². The Balaban J connectivity index is 0.000000561. The standard InChI is InChI=1S/C7H5BrN2.C2H6/c1-5-2-7(8)10-4-6(5)3-9;1-2/h2,4H,1H3;1-2H3. The summed E-state index contributed by atoms with van der Waals surface area (Å²) in [6.07, 6.45) is 1.55. The molecule has 0 saturated carbocycles. The van der Waals surface area contributed by atoms with Crippen LogP contribution in [-0.4, -0.2) is 4.98 Å². The summed E-state index contributed by atoms with van der Waals surface area (Å²) in [6.45, 7) is 5.88. The van der Waals surface area contributed by atoms with Gasteiger partial charge in [-0.05, 0) is 34.5 Å². The molecule has 0 aliphatic carbocycles. The van der Waals surface area contributed by atoms with E-state index in [2.05, 4.69) is 20.9 Å². The van der Waals surface area contributed by atoms with Crippen LogP contribution >= 0.6 is 15.9 Å². The second-order valence-electron chi connectivity index (χ2n) is 1.93. The van der Waals surface area contributed by atoms with E-state index in [4.69, 9.17) is 5.26 Å². The van der Waals surface area contributed by atoms with Crippen LogP contribution in [0.25, 0.3) is 0 Å². The molecule has 0 bridgehead atoms. The lowest BCUT2D eigenvalue weighted by Gasteiger charge is -1.94. The molecule has 0 amide bonds. The molecule has 1 heterocycles. The average Bonchev–Trinajstić information content (AvgIpc) is 2.08. The predicted molar refractivity (Wildman–Crippen MR) is 52.7 cm³/mol. The Morgan fingerprint density at radius 2 is 2.08 bits per heavy atom. The second kappa shape index (κ2) is 5.73. The average molecular weight is 227 g/mol. The first-order valence-corrected chi connectivity index (χ1v) is 4.55. The van der Waals surface area contributed by atoms with E-state index >= 15 is 0 Å². The summed E-state index contributed by atoms with van der Waals surface area (Å²) in [6, 6.07) is 3.86. The topological polar surface area (TPSA) is 36.7 Å². The largest absolute Gasteiger partial charge is 0.248 e. The molecule has 0 saturated heterocycles. The van der Waals surface area contributed by atoms with Gasteiger partial charge < -0.3 is 0 Å². The molecule has 0 atom stereocenters. The summed E-state index contributed by atoms with van der Waals surface area (Å²) in [4.78, 5) is 3.90. The molecule has 0 aliphatic rings. The molecule has 1 aromatic heterocycles. The fourth-order valence-corrected chi connectivity index (χ4v) is 1.08. The lowest BCUT2D eigenvalue weighted by atomic mass is 10.2. The molecular weight excluding hydrogens is 216 g/mol. The zero-order chi connectivity index (χ0) is 9.56. The SMILES string of the molecule is CC.Cc1cc(Br)ncc1C#N. The van der Waals surface area contributed by atoms with E-state index in [-0.39, 0.29) is 0 Å². The summed E-state index contributed by atoms with van der Waals surface area (Å²) in [5.41, 5.74) is 1.58. The number of halogens is 1. The van der Waals surface area contributed by atoms with Crippen molar-refractivity contribution in [3.8, 4) is 6.07 Å². The third kappa shape index (κ3) is 3.02. The van der Waals surface area contributed by atoms with Crippen molar-refractivity contribution in [1.29, 1.82) is 5.26 Å². The van der Waals surface area contributed by atoms with Crippen molar-refractivity contribution >= 4 is 15.9 Å². The van der Waals surface area contributed by atoms with Gasteiger partial charge in [0.15, 0.2) is 0 Å². The van der Waals surface area contributed by atoms with Crippen LogP contribution in [0, 0.1) is 18.3 Å². The molecule has 0 aromatic carbocycles. The Kier molecular flexibility index (Phi) is 5.31. The number of hydrogen-bond donors (Lipinski definition) is 0. The third-order valence-corrected chi connectivity index (χ3v) is 1.63.